The van der Waals surface area contributed by atoms with E-state index in [9.17, 15) is 0 Å². The number of benzene rings is 1. The molecule has 0 radical (unpaired) electrons. The predicted octanol–water partition coefficient (Wildman–Crippen LogP) is 3.65. The van der Waals surface area contributed by atoms with Gasteiger partial charge in [-0.1, -0.05) is 12.1 Å². The van der Waals surface area contributed by atoms with E-state index in [0.29, 0.717) is 12.3 Å². The van der Waals surface area contributed by atoms with Crippen molar-refractivity contribution < 1.29 is 0 Å². The topological polar surface area (TPSA) is 25.8 Å². The Bertz CT molecular complexity index is 485. The Balaban J connectivity index is 2.28. The van der Waals surface area contributed by atoms with Crippen LogP contribution in [-0.4, -0.2) is 22.1 Å². The molecule has 0 atom stereocenters. The number of hydrogen-bond acceptors (Lipinski definition) is 3. The van der Waals surface area contributed by atoms with E-state index in [2.05, 4.69) is 40.5 Å². The molecule has 88 valence electrons. The van der Waals surface area contributed by atoms with Crippen LogP contribution in [0.1, 0.15) is 5.82 Å². The Hall–Kier alpha value is -1.06. The molecule has 1 aromatic carbocycles. The van der Waals surface area contributed by atoms with Crippen LogP contribution in [0.5, 0.6) is 0 Å². The lowest BCUT2D eigenvalue weighted by atomic mass is 10.1. The maximum absolute atomic E-state index is 5.69. The minimum atomic E-state index is 0.550. The average Bonchev–Trinajstić information content (AvgIpc) is 2.40. The van der Waals surface area contributed by atoms with Gasteiger partial charge < -0.3 is 0 Å². The highest BCUT2D eigenvalue weighted by molar-refractivity contribution is 7.98. The van der Waals surface area contributed by atoms with Crippen molar-refractivity contribution in [2.24, 2.45) is 0 Å². The van der Waals surface area contributed by atoms with Crippen molar-refractivity contribution in [1.29, 1.82) is 0 Å². The molecule has 0 aliphatic rings. The molecule has 0 amide bonds. The Kier molecular flexibility index (Phi) is 4.40. The summed E-state index contributed by atoms with van der Waals surface area (Å²) in [7, 11) is 0. The molecule has 0 spiro atoms. The second kappa shape index (κ2) is 6.03. The zero-order valence-corrected chi connectivity index (χ0v) is 11.1. The molecule has 2 nitrogen and oxygen atoms in total. The number of hydrogen-bond donors (Lipinski definition) is 0. The minimum Gasteiger partial charge on any atom is -0.241 e. The number of rotatable bonds is 4. The van der Waals surface area contributed by atoms with Gasteiger partial charge in [-0.3, -0.25) is 0 Å². The van der Waals surface area contributed by atoms with Crippen LogP contribution in [-0.2, 0) is 6.42 Å². The van der Waals surface area contributed by atoms with Gasteiger partial charge in [-0.25, -0.2) is 9.97 Å². The molecule has 0 fully saturated rings. The second-order valence-corrected chi connectivity index (χ2v) is 4.78. The third kappa shape index (κ3) is 3.20. The normalized spacial score (nSPS) is 10.5. The molecule has 1 aromatic heterocycles. The van der Waals surface area contributed by atoms with E-state index in [0.717, 1.165) is 17.1 Å². The van der Waals surface area contributed by atoms with Crippen molar-refractivity contribution in [3.05, 3.63) is 42.4 Å². The zero-order valence-electron chi connectivity index (χ0n) is 9.56. The molecule has 0 N–H and O–H groups in total. The summed E-state index contributed by atoms with van der Waals surface area (Å²) in [6.07, 6.45) is 4.56. The monoisotopic (exact) mass is 264 g/mol. The fourth-order valence-electron chi connectivity index (χ4n) is 1.53. The van der Waals surface area contributed by atoms with Crippen LogP contribution in [0.3, 0.4) is 0 Å². The van der Waals surface area contributed by atoms with E-state index >= 15 is 0 Å². The van der Waals surface area contributed by atoms with Crippen LogP contribution in [0.15, 0.2) is 41.4 Å². The predicted molar refractivity (Wildman–Crippen MR) is 73.7 cm³/mol. The molecular formula is C13H13ClN2S. The van der Waals surface area contributed by atoms with Gasteiger partial charge in [0.25, 0.3) is 0 Å². The standard InChI is InChI=1S/C13H13ClN2S/c1-17-11-4-2-10(3-5-11)12-7-9-15-13(16-12)6-8-14/h2-5,7,9H,6,8H2,1H3. The summed E-state index contributed by atoms with van der Waals surface area (Å²) in [5.74, 6) is 1.35. The van der Waals surface area contributed by atoms with Crippen molar-refractivity contribution in [2.45, 2.75) is 11.3 Å². The number of alkyl halides is 1. The van der Waals surface area contributed by atoms with Crippen molar-refractivity contribution in [2.75, 3.05) is 12.1 Å². The average molecular weight is 265 g/mol. The van der Waals surface area contributed by atoms with Gasteiger partial charge in [-0.05, 0) is 24.5 Å². The lowest BCUT2D eigenvalue weighted by Crippen LogP contribution is -1.96. The summed E-state index contributed by atoms with van der Waals surface area (Å²) in [5, 5.41) is 0. The van der Waals surface area contributed by atoms with E-state index in [-0.39, 0.29) is 0 Å². The highest BCUT2D eigenvalue weighted by Gasteiger charge is 2.02. The molecule has 2 aromatic rings. The minimum absolute atomic E-state index is 0.550. The number of aromatic nitrogens is 2. The van der Waals surface area contributed by atoms with E-state index in [1.807, 2.05) is 6.07 Å². The van der Waals surface area contributed by atoms with E-state index in [1.165, 1.54) is 4.90 Å². The Morgan fingerprint density at radius 3 is 2.59 bits per heavy atom. The van der Waals surface area contributed by atoms with Gasteiger partial charge in [0.05, 0.1) is 5.69 Å². The summed E-state index contributed by atoms with van der Waals surface area (Å²) in [4.78, 5) is 9.93. The summed E-state index contributed by atoms with van der Waals surface area (Å²) >= 11 is 7.42. The zero-order chi connectivity index (χ0) is 12.1. The molecule has 0 unspecified atom stereocenters. The van der Waals surface area contributed by atoms with Crippen LogP contribution in [0.2, 0.25) is 0 Å². The Morgan fingerprint density at radius 1 is 1.18 bits per heavy atom. The maximum Gasteiger partial charge on any atom is 0.130 e. The second-order valence-electron chi connectivity index (χ2n) is 3.53. The summed E-state index contributed by atoms with van der Waals surface area (Å²) in [6.45, 7) is 0. The first kappa shape index (κ1) is 12.4. The SMILES string of the molecule is CSc1ccc(-c2ccnc(CCCl)n2)cc1. The molecule has 0 aliphatic heterocycles. The third-order valence-corrected chi connectivity index (χ3v) is 3.34. The molecule has 0 saturated heterocycles. The maximum atomic E-state index is 5.69. The van der Waals surface area contributed by atoms with Gasteiger partial charge >= 0.3 is 0 Å². The number of aryl methyl sites for hydroxylation is 1. The molecule has 17 heavy (non-hydrogen) atoms. The van der Waals surface area contributed by atoms with Crippen LogP contribution < -0.4 is 0 Å². The number of nitrogens with zero attached hydrogens (tertiary/aromatic N) is 2. The largest absolute Gasteiger partial charge is 0.241 e. The molecule has 2 rings (SSSR count). The fraction of sp³-hybridized carbons (Fsp3) is 0.231. The molecule has 1 heterocycles. The molecular weight excluding hydrogens is 252 g/mol. The van der Waals surface area contributed by atoms with Crippen LogP contribution in [0.4, 0.5) is 0 Å². The molecule has 0 bridgehead atoms. The fourth-order valence-corrected chi connectivity index (χ4v) is 2.10. The first-order chi connectivity index (χ1) is 8.33. The van der Waals surface area contributed by atoms with Crippen LogP contribution >= 0.6 is 23.4 Å². The molecule has 0 aliphatic carbocycles. The van der Waals surface area contributed by atoms with Crippen LogP contribution in [0, 0.1) is 0 Å². The van der Waals surface area contributed by atoms with E-state index < -0.39 is 0 Å². The smallest absolute Gasteiger partial charge is 0.130 e. The van der Waals surface area contributed by atoms with Crippen molar-refractivity contribution >= 4 is 23.4 Å². The van der Waals surface area contributed by atoms with Gasteiger partial charge in [0.15, 0.2) is 0 Å². The molecule has 0 saturated carbocycles. The highest BCUT2D eigenvalue weighted by atomic mass is 35.5. The van der Waals surface area contributed by atoms with Gasteiger partial charge in [-0.15, -0.1) is 23.4 Å². The first-order valence-corrected chi connectivity index (χ1v) is 7.11. The molecule has 4 heteroatoms. The lowest BCUT2D eigenvalue weighted by Gasteiger charge is -2.03. The van der Waals surface area contributed by atoms with E-state index in [4.69, 9.17) is 11.6 Å². The van der Waals surface area contributed by atoms with Gasteiger partial charge in [0, 0.05) is 29.0 Å². The number of thioether (sulfide) groups is 1. The van der Waals surface area contributed by atoms with Crippen molar-refractivity contribution in [3.8, 4) is 11.3 Å². The lowest BCUT2D eigenvalue weighted by molar-refractivity contribution is 0.948. The first-order valence-electron chi connectivity index (χ1n) is 5.36. The van der Waals surface area contributed by atoms with Crippen molar-refractivity contribution in [3.63, 3.8) is 0 Å². The Labute approximate surface area is 110 Å². The highest BCUT2D eigenvalue weighted by Crippen LogP contribution is 2.21. The summed E-state index contributed by atoms with van der Waals surface area (Å²) < 4.78 is 0. The van der Waals surface area contributed by atoms with Gasteiger partial charge in [0.1, 0.15) is 5.82 Å². The summed E-state index contributed by atoms with van der Waals surface area (Å²) in [5.41, 5.74) is 2.06. The van der Waals surface area contributed by atoms with Crippen LogP contribution in [0.25, 0.3) is 11.3 Å². The van der Waals surface area contributed by atoms with E-state index in [1.54, 1.807) is 18.0 Å². The third-order valence-electron chi connectivity index (χ3n) is 2.41. The number of halogens is 1. The van der Waals surface area contributed by atoms with Crippen molar-refractivity contribution in [1.82, 2.24) is 9.97 Å². The quantitative estimate of drug-likeness (QED) is 0.623. The summed E-state index contributed by atoms with van der Waals surface area (Å²) in [6, 6.07) is 10.3. The van der Waals surface area contributed by atoms with Gasteiger partial charge in [0.2, 0.25) is 0 Å². The van der Waals surface area contributed by atoms with Gasteiger partial charge in [-0.2, -0.15) is 0 Å². The Morgan fingerprint density at radius 2 is 1.94 bits per heavy atom.